The van der Waals surface area contributed by atoms with Gasteiger partial charge in [0, 0.05) is 17.5 Å². The van der Waals surface area contributed by atoms with Crippen LogP contribution in [0.25, 0.3) is 0 Å². The maximum absolute atomic E-state index is 12.5. The Labute approximate surface area is 146 Å². The summed E-state index contributed by atoms with van der Waals surface area (Å²) >= 11 is 11.9. The van der Waals surface area contributed by atoms with Crippen LogP contribution in [-0.2, 0) is 4.79 Å². The first-order chi connectivity index (χ1) is 11.0. The van der Waals surface area contributed by atoms with Crippen LogP contribution in [0.4, 0.5) is 0 Å². The minimum atomic E-state index is -0.00464. The van der Waals surface area contributed by atoms with Crippen molar-refractivity contribution in [2.45, 2.75) is 31.7 Å². The summed E-state index contributed by atoms with van der Waals surface area (Å²) in [7, 11) is 0. The van der Waals surface area contributed by atoms with Crippen molar-refractivity contribution in [2.75, 3.05) is 19.6 Å². The van der Waals surface area contributed by atoms with E-state index in [1.807, 2.05) is 0 Å². The highest BCUT2D eigenvalue weighted by atomic mass is 35.5. The molecule has 1 N–H and O–H groups in total. The summed E-state index contributed by atoms with van der Waals surface area (Å²) in [6.45, 7) is 1.98. The first kappa shape index (κ1) is 16.7. The fraction of sp³-hybridized carbons (Fsp3) is 0.529. The fourth-order valence-corrected chi connectivity index (χ4v) is 3.24. The average molecular weight is 355 g/mol. The van der Waals surface area contributed by atoms with Crippen molar-refractivity contribution in [3.63, 3.8) is 0 Å². The number of benzene rings is 1. The van der Waals surface area contributed by atoms with Crippen molar-refractivity contribution in [1.82, 2.24) is 10.2 Å². The Morgan fingerprint density at radius 1 is 1.09 bits per heavy atom. The van der Waals surface area contributed by atoms with E-state index >= 15 is 0 Å². The SMILES string of the molecule is O=C(CN1CCC(C(=O)c2ccc(Cl)c(Cl)c2)CC1)NC1CC1. The first-order valence-electron chi connectivity index (χ1n) is 8.04. The molecule has 1 heterocycles. The molecule has 1 amide bonds. The van der Waals surface area contributed by atoms with Crippen molar-refractivity contribution >= 4 is 34.9 Å². The van der Waals surface area contributed by atoms with Crippen molar-refractivity contribution in [3.8, 4) is 0 Å². The van der Waals surface area contributed by atoms with E-state index in [1.54, 1.807) is 18.2 Å². The van der Waals surface area contributed by atoms with Crippen molar-refractivity contribution in [3.05, 3.63) is 33.8 Å². The zero-order valence-corrected chi connectivity index (χ0v) is 14.4. The van der Waals surface area contributed by atoms with Crippen LogP contribution in [-0.4, -0.2) is 42.3 Å². The lowest BCUT2D eigenvalue weighted by atomic mass is 9.89. The summed E-state index contributed by atoms with van der Waals surface area (Å²) < 4.78 is 0. The number of hydrogen-bond donors (Lipinski definition) is 1. The third-order valence-corrected chi connectivity index (χ3v) is 5.21. The summed E-state index contributed by atoms with van der Waals surface area (Å²) in [4.78, 5) is 26.5. The molecule has 6 heteroatoms. The first-order valence-corrected chi connectivity index (χ1v) is 8.79. The molecule has 1 saturated carbocycles. The Bertz CT molecular complexity index is 609. The van der Waals surface area contributed by atoms with Gasteiger partial charge in [0.15, 0.2) is 5.78 Å². The molecule has 1 aliphatic carbocycles. The summed E-state index contributed by atoms with van der Waals surface area (Å²) in [5, 5.41) is 3.86. The number of ketones is 1. The molecule has 0 bridgehead atoms. The Morgan fingerprint density at radius 3 is 2.39 bits per heavy atom. The molecule has 1 aliphatic heterocycles. The molecular formula is C17H20Cl2N2O2. The van der Waals surface area contributed by atoms with Gasteiger partial charge in [0.25, 0.3) is 0 Å². The lowest BCUT2D eigenvalue weighted by Gasteiger charge is -2.30. The Hall–Kier alpha value is -1.10. The van der Waals surface area contributed by atoms with Gasteiger partial charge >= 0.3 is 0 Å². The normalized spacial score (nSPS) is 19.6. The van der Waals surface area contributed by atoms with Gasteiger partial charge in [-0.3, -0.25) is 14.5 Å². The number of likely N-dealkylation sites (tertiary alicyclic amines) is 1. The second-order valence-electron chi connectivity index (χ2n) is 6.39. The number of carbonyl (C=O) groups excluding carboxylic acids is 2. The molecular weight excluding hydrogens is 335 g/mol. The van der Waals surface area contributed by atoms with Gasteiger partial charge in [-0.15, -0.1) is 0 Å². The number of rotatable bonds is 5. The minimum absolute atomic E-state index is 0.00464. The van der Waals surface area contributed by atoms with E-state index in [1.165, 1.54) is 0 Å². The van der Waals surface area contributed by atoms with Crippen LogP contribution in [0.3, 0.4) is 0 Å². The number of piperidine rings is 1. The van der Waals surface area contributed by atoms with Gasteiger partial charge in [-0.2, -0.15) is 0 Å². The lowest BCUT2D eigenvalue weighted by molar-refractivity contribution is -0.122. The molecule has 1 saturated heterocycles. The average Bonchev–Trinajstić information content (AvgIpc) is 3.34. The lowest BCUT2D eigenvalue weighted by Crippen LogP contribution is -2.43. The monoisotopic (exact) mass is 354 g/mol. The minimum Gasteiger partial charge on any atom is -0.352 e. The van der Waals surface area contributed by atoms with Crippen LogP contribution in [0.15, 0.2) is 18.2 Å². The highest BCUT2D eigenvalue weighted by Crippen LogP contribution is 2.27. The molecule has 23 heavy (non-hydrogen) atoms. The second kappa shape index (κ2) is 7.20. The molecule has 4 nitrogen and oxygen atoms in total. The number of halogens is 2. The predicted molar refractivity (Wildman–Crippen MR) is 91.1 cm³/mol. The maximum atomic E-state index is 12.5. The van der Waals surface area contributed by atoms with Crippen molar-refractivity contribution in [2.24, 2.45) is 5.92 Å². The van der Waals surface area contributed by atoms with Gasteiger partial charge in [-0.05, 0) is 57.0 Å². The van der Waals surface area contributed by atoms with Gasteiger partial charge in [0.05, 0.1) is 16.6 Å². The summed E-state index contributed by atoms with van der Waals surface area (Å²) in [5.41, 5.74) is 0.615. The van der Waals surface area contributed by atoms with E-state index in [0.29, 0.717) is 28.2 Å². The van der Waals surface area contributed by atoms with E-state index in [4.69, 9.17) is 23.2 Å². The third kappa shape index (κ3) is 4.46. The maximum Gasteiger partial charge on any atom is 0.234 e. The molecule has 124 valence electrons. The molecule has 0 spiro atoms. The van der Waals surface area contributed by atoms with E-state index < -0.39 is 0 Å². The van der Waals surface area contributed by atoms with Crippen LogP contribution >= 0.6 is 23.2 Å². The Balaban J connectivity index is 1.50. The summed E-state index contributed by atoms with van der Waals surface area (Å²) in [6.07, 6.45) is 3.75. The largest absolute Gasteiger partial charge is 0.352 e. The molecule has 1 aromatic rings. The van der Waals surface area contributed by atoms with Gasteiger partial charge in [0.2, 0.25) is 5.91 Å². The fourth-order valence-electron chi connectivity index (χ4n) is 2.94. The summed E-state index contributed by atoms with van der Waals surface area (Å²) in [6, 6.07) is 5.43. The van der Waals surface area contributed by atoms with Crippen LogP contribution in [0, 0.1) is 5.92 Å². The number of nitrogens with one attached hydrogen (secondary N) is 1. The molecule has 0 aromatic heterocycles. The quantitative estimate of drug-likeness (QED) is 0.826. The molecule has 2 fully saturated rings. The molecule has 0 atom stereocenters. The molecule has 0 unspecified atom stereocenters. The zero-order valence-electron chi connectivity index (χ0n) is 12.9. The standard InChI is InChI=1S/C17H20Cl2N2O2/c18-14-4-1-12(9-15(14)19)17(23)11-5-7-21(8-6-11)10-16(22)20-13-2-3-13/h1,4,9,11,13H,2-3,5-8,10H2,(H,20,22). The van der Waals surface area contributed by atoms with Crippen LogP contribution < -0.4 is 5.32 Å². The van der Waals surface area contributed by atoms with Crippen LogP contribution in [0.2, 0.25) is 10.0 Å². The molecule has 3 rings (SSSR count). The van der Waals surface area contributed by atoms with Gasteiger partial charge in [-0.1, -0.05) is 23.2 Å². The van der Waals surface area contributed by atoms with Gasteiger partial charge < -0.3 is 5.32 Å². The molecule has 1 aromatic carbocycles. The smallest absolute Gasteiger partial charge is 0.234 e. The highest BCUT2D eigenvalue weighted by molar-refractivity contribution is 6.42. The van der Waals surface area contributed by atoms with Gasteiger partial charge in [0.1, 0.15) is 0 Å². The van der Waals surface area contributed by atoms with Gasteiger partial charge in [-0.25, -0.2) is 0 Å². The predicted octanol–water partition coefficient (Wildman–Crippen LogP) is 3.17. The molecule has 0 radical (unpaired) electrons. The summed E-state index contributed by atoms with van der Waals surface area (Å²) in [5.74, 6) is 0.211. The third-order valence-electron chi connectivity index (χ3n) is 4.47. The number of Topliss-reactive ketones (excluding diaryl/α,β-unsaturated/α-hetero) is 1. The number of hydrogen-bond acceptors (Lipinski definition) is 3. The Kier molecular flexibility index (Phi) is 5.24. The van der Waals surface area contributed by atoms with Crippen LogP contribution in [0.1, 0.15) is 36.0 Å². The van der Waals surface area contributed by atoms with Crippen molar-refractivity contribution in [1.29, 1.82) is 0 Å². The van der Waals surface area contributed by atoms with E-state index in [9.17, 15) is 9.59 Å². The van der Waals surface area contributed by atoms with E-state index in [2.05, 4.69) is 10.2 Å². The van der Waals surface area contributed by atoms with E-state index in [0.717, 1.165) is 38.8 Å². The van der Waals surface area contributed by atoms with Crippen molar-refractivity contribution < 1.29 is 9.59 Å². The number of nitrogens with zero attached hydrogens (tertiary/aromatic N) is 1. The van der Waals surface area contributed by atoms with Crippen LogP contribution in [0.5, 0.6) is 0 Å². The second-order valence-corrected chi connectivity index (χ2v) is 7.20. The highest BCUT2D eigenvalue weighted by Gasteiger charge is 2.28. The topological polar surface area (TPSA) is 49.4 Å². The number of carbonyl (C=O) groups is 2. The Morgan fingerprint density at radius 2 is 1.78 bits per heavy atom. The molecule has 2 aliphatic rings. The van der Waals surface area contributed by atoms with E-state index in [-0.39, 0.29) is 17.6 Å². The zero-order chi connectivity index (χ0) is 16.4. The number of amides is 1.